The third-order valence-electron chi connectivity index (χ3n) is 5.37. The molecule has 0 bridgehead atoms. The van der Waals surface area contributed by atoms with E-state index >= 15 is 0 Å². The molecule has 0 nitrogen and oxygen atoms in total. The first-order valence-electron chi connectivity index (χ1n) is 12.7. The molecule has 0 unspecified atom stereocenters. The van der Waals surface area contributed by atoms with Crippen LogP contribution in [0.5, 0.6) is 0 Å². The van der Waals surface area contributed by atoms with E-state index in [9.17, 15) is 0 Å². The van der Waals surface area contributed by atoms with Crippen molar-refractivity contribution in [2.75, 3.05) is 0 Å². The Morgan fingerprint density at radius 1 is 0.258 bits per heavy atom. The van der Waals surface area contributed by atoms with Crippen LogP contribution in [0.3, 0.4) is 0 Å². The fourth-order valence-corrected chi connectivity index (χ4v) is 16.1. The minimum Gasteiger partial charge on any atom is -0.0988 e. The summed E-state index contributed by atoms with van der Waals surface area (Å²) < 4.78 is 0. The molecule has 31 heavy (non-hydrogen) atoms. The molecule has 0 aromatic carbocycles. The topological polar surface area (TPSA) is 0 Å². The Hall–Kier alpha value is 1.94. The van der Waals surface area contributed by atoms with Crippen molar-refractivity contribution in [2.45, 2.75) is 176 Å². The van der Waals surface area contributed by atoms with Crippen molar-refractivity contribution in [3.63, 3.8) is 0 Å². The summed E-state index contributed by atoms with van der Waals surface area (Å²) in [5.74, 6) is 0. The van der Waals surface area contributed by atoms with E-state index < -0.39 is 0 Å². The monoisotopic (exact) mass is 683 g/mol. The molecule has 0 aromatic rings. The largest absolute Gasteiger partial charge is 0.0988 e. The van der Waals surface area contributed by atoms with Crippen molar-refractivity contribution < 1.29 is 27.2 Å². The van der Waals surface area contributed by atoms with Crippen LogP contribution in [0.25, 0.3) is 0 Å². The third kappa shape index (κ3) is 19.9. The summed E-state index contributed by atoms with van der Waals surface area (Å²) in [6.45, 7) is 42.4. The molecule has 0 amide bonds. The smallest absolute Gasteiger partial charge is 0 e. The van der Waals surface area contributed by atoms with E-state index in [1.54, 1.807) is 0 Å². The average molecular weight is 683 g/mol. The van der Waals surface area contributed by atoms with Gasteiger partial charge in [0.2, 0.25) is 0 Å². The van der Waals surface area contributed by atoms with Crippen LogP contribution >= 0.6 is 23.8 Å². The Labute approximate surface area is 226 Å². The average Bonchev–Trinajstić information content (AvgIpc) is 2.43. The first kappa shape index (κ1) is 40.1. The molecule has 205 valence electrons. The van der Waals surface area contributed by atoms with Gasteiger partial charge in [0.25, 0.3) is 0 Å². The summed E-state index contributed by atoms with van der Waals surface area (Å²) in [5.41, 5.74) is 8.08. The second-order valence-corrected chi connectivity index (χ2v) is 23.2. The maximum absolute atomic E-state index is 2.35. The van der Waals surface area contributed by atoms with E-state index in [0.717, 1.165) is 50.9 Å². The molecular formula is C27H73IrP3. The Morgan fingerprint density at radius 2 is 0.323 bits per heavy atom. The van der Waals surface area contributed by atoms with Crippen LogP contribution in [0.15, 0.2) is 0 Å². The molecule has 0 rings (SSSR count). The van der Waals surface area contributed by atoms with E-state index in [0.29, 0.717) is 0 Å². The zero-order valence-corrected chi connectivity index (χ0v) is 29.9. The first-order chi connectivity index (χ1) is 13.4. The SMILES string of the molecule is CC(C)P(C(C)C)C(C)C.CC(C)P(C(C)C)C(C)C.CC(C)P(C(C)C)C(C)C.[HH].[HH].[HH].[HH].[HH].[Ir]. The van der Waals surface area contributed by atoms with Gasteiger partial charge >= 0.3 is 0 Å². The van der Waals surface area contributed by atoms with Crippen LogP contribution in [0.1, 0.15) is 132 Å². The van der Waals surface area contributed by atoms with Gasteiger partial charge < -0.3 is 0 Å². The molecular weight excluding hydrogens is 609 g/mol. The van der Waals surface area contributed by atoms with Gasteiger partial charge in [-0.25, -0.2) is 0 Å². The number of hydrogen-bond acceptors (Lipinski definition) is 0. The minimum atomic E-state index is 0. The Kier molecular flexibility index (Phi) is 27.5. The van der Waals surface area contributed by atoms with Crippen LogP contribution in [-0.4, -0.2) is 50.9 Å². The summed E-state index contributed by atoms with van der Waals surface area (Å²) in [7, 11) is 0.787. The maximum atomic E-state index is 2.35. The second kappa shape index (κ2) is 21.2. The molecule has 1 radical (unpaired) electrons. The van der Waals surface area contributed by atoms with Crippen LogP contribution < -0.4 is 0 Å². The van der Waals surface area contributed by atoms with Crippen molar-refractivity contribution >= 4 is 23.8 Å². The zero-order valence-electron chi connectivity index (χ0n) is 24.9. The van der Waals surface area contributed by atoms with Gasteiger partial charge in [-0.2, -0.15) is 0 Å². The molecule has 0 N–H and O–H groups in total. The van der Waals surface area contributed by atoms with Crippen molar-refractivity contribution in [3.05, 3.63) is 0 Å². The molecule has 0 saturated heterocycles. The molecule has 0 atom stereocenters. The molecule has 0 aliphatic carbocycles. The van der Waals surface area contributed by atoms with Crippen molar-refractivity contribution in [2.24, 2.45) is 0 Å². The third-order valence-corrected chi connectivity index (χ3v) is 16.1. The zero-order chi connectivity index (χ0) is 24.9. The number of rotatable bonds is 9. The molecule has 0 fully saturated rings. The van der Waals surface area contributed by atoms with Gasteiger partial charge in [-0.3, -0.25) is 0 Å². The Bertz CT molecular complexity index is 281. The van der Waals surface area contributed by atoms with Gasteiger partial charge in [0.05, 0.1) is 0 Å². The van der Waals surface area contributed by atoms with Crippen molar-refractivity contribution in [1.29, 1.82) is 0 Å². The van der Waals surface area contributed by atoms with Gasteiger partial charge in [0.15, 0.2) is 0 Å². The standard InChI is InChI=1S/3C9H21P.Ir.5H2/c3*1-7(2)10(8(3)4)9(5)6;;;;;;/h3*7-9H,1-6H3;;5*1H. The fourth-order valence-electron chi connectivity index (χ4n) is 5.37. The molecule has 0 heterocycles. The molecule has 0 aliphatic rings. The van der Waals surface area contributed by atoms with Gasteiger partial charge in [-0.05, 0) is 50.9 Å². The molecule has 4 heteroatoms. The summed E-state index contributed by atoms with van der Waals surface area (Å²) in [5, 5.41) is 0. The van der Waals surface area contributed by atoms with Gasteiger partial charge in [0.1, 0.15) is 0 Å². The molecule has 0 aliphatic heterocycles. The maximum Gasteiger partial charge on any atom is 0 e. The summed E-state index contributed by atoms with van der Waals surface area (Å²) in [4.78, 5) is 0. The van der Waals surface area contributed by atoms with Gasteiger partial charge in [-0.15, -0.1) is 0 Å². The van der Waals surface area contributed by atoms with Crippen LogP contribution in [-0.2, 0) is 20.1 Å². The van der Waals surface area contributed by atoms with E-state index in [4.69, 9.17) is 0 Å². The molecule has 0 saturated carbocycles. The van der Waals surface area contributed by atoms with Gasteiger partial charge in [-0.1, -0.05) is 148 Å². The fraction of sp³-hybridized carbons (Fsp3) is 1.00. The van der Waals surface area contributed by atoms with Gasteiger partial charge in [0, 0.05) is 27.2 Å². The quantitative estimate of drug-likeness (QED) is 0.212. The predicted octanol–water partition coefficient (Wildman–Crippen LogP) is 12.3. The normalized spacial score (nSPS) is 12.2. The van der Waals surface area contributed by atoms with Crippen molar-refractivity contribution in [1.82, 2.24) is 0 Å². The second-order valence-electron chi connectivity index (χ2n) is 11.2. The Morgan fingerprint density at radius 3 is 0.323 bits per heavy atom. The van der Waals surface area contributed by atoms with Crippen molar-refractivity contribution in [3.8, 4) is 0 Å². The van der Waals surface area contributed by atoms with Crippen LogP contribution in [0.2, 0.25) is 0 Å². The summed E-state index contributed by atoms with van der Waals surface area (Å²) in [6, 6.07) is 0. The van der Waals surface area contributed by atoms with E-state index in [1.165, 1.54) is 0 Å². The predicted molar refractivity (Wildman–Crippen MR) is 168 cm³/mol. The van der Waals surface area contributed by atoms with Crippen LogP contribution in [0, 0.1) is 0 Å². The Balaban J connectivity index is -0.0000000401. The van der Waals surface area contributed by atoms with E-state index in [-0.39, 0.29) is 51.0 Å². The summed E-state index contributed by atoms with van der Waals surface area (Å²) in [6.07, 6.45) is 0. The van der Waals surface area contributed by atoms with E-state index in [2.05, 4.69) is 125 Å². The van der Waals surface area contributed by atoms with E-state index in [1.807, 2.05) is 0 Å². The molecule has 0 spiro atoms. The number of hydrogen-bond donors (Lipinski definition) is 0. The molecule has 0 aromatic heterocycles. The first-order valence-corrected chi connectivity index (χ1v) is 17.4. The van der Waals surface area contributed by atoms with Crippen LogP contribution in [0.4, 0.5) is 0 Å². The summed E-state index contributed by atoms with van der Waals surface area (Å²) >= 11 is 0. The minimum absolute atomic E-state index is 0.